The van der Waals surface area contributed by atoms with Crippen molar-refractivity contribution in [1.29, 1.82) is 0 Å². The number of H-pyrrole nitrogens is 1. The minimum Gasteiger partial charge on any atom is -0.343 e. The van der Waals surface area contributed by atoms with Crippen LogP contribution >= 0.6 is 11.8 Å². The van der Waals surface area contributed by atoms with E-state index in [2.05, 4.69) is 34.1 Å². The van der Waals surface area contributed by atoms with Crippen molar-refractivity contribution < 1.29 is 4.79 Å². The van der Waals surface area contributed by atoms with Gasteiger partial charge in [-0.25, -0.2) is 4.98 Å². The largest absolute Gasteiger partial charge is 0.343 e. The molecule has 7 heteroatoms. The van der Waals surface area contributed by atoms with Crippen LogP contribution in [-0.2, 0) is 4.79 Å². The molecule has 2 aromatic rings. The van der Waals surface area contributed by atoms with Gasteiger partial charge in [0.2, 0.25) is 0 Å². The molecule has 0 saturated heterocycles. The first-order valence-corrected chi connectivity index (χ1v) is 10.2. The summed E-state index contributed by atoms with van der Waals surface area (Å²) >= 11 is 1.56. The summed E-state index contributed by atoms with van der Waals surface area (Å²) in [4.78, 5) is 37.5. The van der Waals surface area contributed by atoms with Crippen LogP contribution in [-0.4, -0.2) is 26.0 Å². The summed E-state index contributed by atoms with van der Waals surface area (Å²) in [7, 11) is 0. The maximum atomic E-state index is 13.0. The van der Waals surface area contributed by atoms with Crippen LogP contribution in [0.1, 0.15) is 56.6 Å². The number of allylic oxidation sites excluding steroid dienone is 2. The SMILES string of the molecule is CC[C@@H](C)Sc1nc2c(c(=O)[nH]1)[C@H](c1cccnc1)C1=C(CCCC1=O)N2. The lowest BCUT2D eigenvalue weighted by Gasteiger charge is -2.32. The topological polar surface area (TPSA) is 87.7 Å². The molecular formula is C20H22N4O2S. The van der Waals surface area contributed by atoms with Crippen molar-refractivity contribution in [1.82, 2.24) is 15.0 Å². The smallest absolute Gasteiger partial charge is 0.257 e. The molecule has 2 aromatic heterocycles. The molecule has 27 heavy (non-hydrogen) atoms. The van der Waals surface area contributed by atoms with Gasteiger partial charge in [-0.3, -0.25) is 14.6 Å². The van der Waals surface area contributed by atoms with Crippen molar-refractivity contribution >= 4 is 23.4 Å². The molecule has 2 aliphatic rings. The van der Waals surface area contributed by atoms with Crippen LogP contribution in [0.4, 0.5) is 5.82 Å². The van der Waals surface area contributed by atoms with Crippen molar-refractivity contribution in [2.24, 2.45) is 0 Å². The Kier molecular flexibility index (Phi) is 4.86. The van der Waals surface area contributed by atoms with E-state index in [1.807, 2.05) is 12.1 Å². The highest BCUT2D eigenvalue weighted by atomic mass is 32.2. The predicted molar refractivity (Wildman–Crippen MR) is 106 cm³/mol. The number of aromatic amines is 1. The fourth-order valence-corrected chi connectivity index (χ4v) is 4.49. The predicted octanol–water partition coefficient (Wildman–Crippen LogP) is 3.62. The Balaban J connectivity index is 1.88. The number of nitrogens with one attached hydrogen (secondary N) is 2. The zero-order valence-corrected chi connectivity index (χ0v) is 16.2. The second-order valence-corrected chi connectivity index (χ2v) is 8.41. The van der Waals surface area contributed by atoms with Gasteiger partial charge in [0.25, 0.3) is 5.56 Å². The van der Waals surface area contributed by atoms with Crippen LogP contribution < -0.4 is 10.9 Å². The molecule has 1 aliphatic carbocycles. The van der Waals surface area contributed by atoms with Gasteiger partial charge in [0.15, 0.2) is 10.9 Å². The van der Waals surface area contributed by atoms with Crippen LogP contribution in [0.5, 0.6) is 0 Å². The monoisotopic (exact) mass is 382 g/mol. The normalized spacial score (nSPS) is 19.9. The number of ketones is 1. The number of Topliss-reactive ketones (excluding diaryl/α,β-unsaturated/α-hetero) is 1. The molecule has 0 saturated carbocycles. The zero-order valence-electron chi connectivity index (χ0n) is 15.4. The highest BCUT2D eigenvalue weighted by Gasteiger charge is 2.37. The number of thioether (sulfide) groups is 1. The third-order valence-corrected chi connectivity index (χ3v) is 6.29. The summed E-state index contributed by atoms with van der Waals surface area (Å²) in [6, 6.07) is 3.75. The number of pyridine rings is 1. The molecule has 2 atom stereocenters. The van der Waals surface area contributed by atoms with Gasteiger partial charge in [0, 0.05) is 41.3 Å². The summed E-state index contributed by atoms with van der Waals surface area (Å²) in [6.45, 7) is 4.21. The van der Waals surface area contributed by atoms with Gasteiger partial charge in [0.1, 0.15) is 5.82 Å². The Morgan fingerprint density at radius 3 is 2.93 bits per heavy atom. The summed E-state index contributed by atoms with van der Waals surface area (Å²) in [6.07, 6.45) is 6.53. The van der Waals surface area contributed by atoms with Crippen LogP contribution in [0.25, 0.3) is 0 Å². The average molecular weight is 382 g/mol. The number of nitrogens with zero attached hydrogens (tertiary/aromatic N) is 2. The van der Waals surface area contributed by atoms with Crippen LogP contribution in [0.15, 0.2) is 45.7 Å². The Hall–Kier alpha value is -2.41. The minimum absolute atomic E-state index is 0.0979. The molecule has 0 spiro atoms. The number of rotatable bonds is 4. The molecule has 1 aliphatic heterocycles. The molecule has 0 bridgehead atoms. The second kappa shape index (κ2) is 7.31. The zero-order chi connectivity index (χ0) is 19.0. The standard InChI is InChI=1S/C20H22N4O2S/c1-3-11(2)27-20-23-18-17(19(26)24-20)15(12-6-5-9-21-10-12)16-13(22-18)7-4-8-14(16)25/h5-6,9-11,15H,3-4,7-8H2,1-2H3,(H2,22,23,24,26)/t11-,15-/m1/s1. The van der Waals surface area contributed by atoms with E-state index in [0.29, 0.717) is 33.8 Å². The maximum absolute atomic E-state index is 13.0. The second-order valence-electron chi connectivity index (χ2n) is 6.98. The number of hydrogen-bond acceptors (Lipinski definition) is 6. The molecule has 0 aromatic carbocycles. The van der Waals surface area contributed by atoms with Gasteiger partial charge in [-0.15, -0.1) is 0 Å². The Morgan fingerprint density at radius 1 is 1.33 bits per heavy atom. The quantitative estimate of drug-likeness (QED) is 0.620. The number of carbonyl (C=O) groups excluding carboxylic acids is 1. The third kappa shape index (κ3) is 3.32. The highest BCUT2D eigenvalue weighted by molar-refractivity contribution is 7.99. The molecular weight excluding hydrogens is 360 g/mol. The van der Waals surface area contributed by atoms with Gasteiger partial charge in [0.05, 0.1) is 5.56 Å². The van der Waals surface area contributed by atoms with Crippen LogP contribution in [0.2, 0.25) is 0 Å². The van der Waals surface area contributed by atoms with Crippen molar-refractivity contribution in [2.75, 3.05) is 5.32 Å². The minimum atomic E-state index is -0.420. The maximum Gasteiger partial charge on any atom is 0.257 e. The van der Waals surface area contributed by atoms with Crippen molar-refractivity contribution in [3.63, 3.8) is 0 Å². The molecule has 0 radical (unpaired) electrons. The van der Waals surface area contributed by atoms with Gasteiger partial charge in [-0.05, 0) is 30.9 Å². The van der Waals surface area contributed by atoms with Gasteiger partial charge >= 0.3 is 0 Å². The number of hydrogen-bond donors (Lipinski definition) is 2. The lowest BCUT2D eigenvalue weighted by atomic mass is 9.77. The molecule has 0 fully saturated rings. The molecule has 6 nitrogen and oxygen atoms in total. The Labute approximate surface area is 161 Å². The number of fused-ring (bicyclic) bond motifs is 1. The molecule has 2 N–H and O–H groups in total. The summed E-state index contributed by atoms with van der Waals surface area (Å²) in [5, 5.41) is 4.26. The van der Waals surface area contributed by atoms with E-state index < -0.39 is 5.92 Å². The van der Waals surface area contributed by atoms with Crippen LogP contribution in [0, 0.1) is 0 Å². The molecule has 0 amide bonds. The first kappa shape index (κ1) is 18.0. The molecule has 3 heterocycles. The van der Waals surface area contributed by atoms with Gasteiger partial charge in [-0.1, -0.05) is 31.7 Å². The van der Waals surface area contributed by atoms with E-state index in [1.54, 1.807) is 24.2 Å². The van der Waals surface area contributed by atoms with Crippen molar-refractivity contribution in [2.45, 2.75) is 55.9 Å². The summed E-state index contributed by atoms with van der Waals surface area (Å²) in [5.74, 6) is 0.240. The number of anilines is 1. The van der Waals surface area contributed by atoms with E-state index in [-0.39, 0.29) is 11.3 Å². The lowest BCUT2D eigenvalue weighted by Crippen LogP contribution is -2.32. The number of aromatic nitrogens is 3. The summed E-state index contributed by atoms with van der Waals surface area (Å²) < 4.78 is 0. The van der Waals surface area contributed by atoms with E-state index >= 15 is 0 Å². The van der Waals surface area contributed by atoms with Gasteiger partial charge in [-0.2, -0.15) is 0 Å². The third-order valence-electron chi connectivity index (χ3n) is 5.14. The molecule has 140 valence electrons. The molecule has 0 unspecified atom stereocenters. The van der Waals surface area contributed by atoms with Crippen LogP contribution in [0.3, 0.4) is 0 Å². The average Bonchev–Trinajstić information content (AvgIpc) is 2.67. The fraction of sp³-hybridized carbons (Fsp3) is 0.400. The Morgan fingerprint density at radius 2 is 2.19 bits per heavy atom. The summed E-state index contributed by atoms with van der Waals surface area (Å²) in [5.41, 5.74) is 2.74. The Bertz CT molecular complexity index is 968. The highest BCUT2D eigenvalue weighted by Crippen LogP contribution is 2.43. The molecule has 4 rings (SSSR count). The van der Waals surface area contributed by atoms with E-state index in [0.717, 1.165) is 30.5 Å². The van der Waals surface area contributed by atoms with E-state index in [1.165, 1.54) is 0 Å². The van der Waals surface area contributed by atoms with E-state index in [4.69, 9.17) is 0 Å². The van der Waals surface area contributed by atoms with E-state index in [9.17, 15) is 9.59 Å². The first-order valence-electron chi connectivity index (χ1n) is 9.32. The fourth-order valence-electron chi connectivity index (χ4n) is 3.65. The van der Waals surface area contributed by atoms with Crippen molar-refractivity contribution in [3.8, 4) is 0 Å². The first-order chi connectivity index (χ1) is 13.1. The van der Waals surface area contributed by atoms with Gasteiger partial charge < -0.3 is 10.3 Å². The lowest BCUT2D eigenvalue weighted by molar-refractivity contribution is -0.116. The number of carbonyl (C=O) groups is 1. The van der Waals surface area contributed by atoms with Crippen molar-refractivity contribution in [3.05, 3.63) is 57.3 Å².